The van der Waals surface area contributed by atoms with Crippen LogP contribution in [-0.4, -0.2) is 19.9 Å². The maximum atomic E-state index is 11.8. The Morgan fingerprint density at radius 3 is 2.50 bits per heavy atom. The highest BCUT2D eigenvalue weighted by Crippen LogP contribution is 2.30. The van der Waals surface area contributed by atoms with Gasteiger partial charge in [-0.1, -0.05) is 24.8 Å². The molecule has 2 heteroatoms. The summed E-state index contributed by atoms with van der Waals surface area (Å²) < 4.78 is 0. The molecule has 1 aliphatic carbocycles. The molecule has 1 unspecified atom stereocenters. The molecule has 1 aliphatic rings. The van der Waals surface area contributed by atoms with Crippen molar-refractivity contribution in [3.8, 4) is 0 Å². The molecule has 0 heterocycles. The van der Waals surface area contributed by atoms with Crippen molar-refractivity contribution in [2.24, 2.45) is 5.92 Å². The van der Waals surface area contributed by atoms with Crippen molar-refractivity contribution in [1.82, 2.24) is 0 Å². The SMILES string of the molecule is C=C(c1ccc(N(C)C)cc1)C1CCC=CC1=O. The number of ketones is 1. The first kappa shape index (κ1) is 12.6. The highest BCUT2D eigenvalue weighted by molar-refractivity contribution is 6.00. The van der Waals surface area contributed by atoms with Crippen molar-refractivity contribution in [3.05, 3.63) is 48.6 Å². The maximum absolute atomic E-state index is 11.8. The smallest absolute Gasteiger partial charge is 0.162 e. The van der Waals surface area contributed by atoms with Crippen LogP contribution in [0.4, 0.5) is 5.69 Å². The summed E-state index contributed by atoms with van der Waals surface area (Å²) in [7, 11) is 4.03. The molecule has 0 saturated carbocycles. The van der Waals surface area contributed by atoms with E-state index in [1.54, 1.807) is 6.08 Å². The van der Waals surface area contributed by atoms with E-state index >= 15 is 0 Å². The minimum Gasteiger partial charge on any atom is -0.378 e. The van der Waals surface area contributed by atoms with Crippen molar-refractivity contribution in [3.63, 3.8) is 0 Å². The van der Waals surface area contributed by atoms with Crippen LogP contribution in [0.15, 0.2) is 43.0 Å². The molecule has 1 atom stereocenters. The van der Waals surface area contributed by atoms with Gasteiger partial charge in [0.15, 0.2) is 5.78 Å². The van der Waals surface area contributed by atoms with Gasteiger partial charge in [0.1, 0.15) is 0 Å². The zero-order valence-corrected chi connectivity index (χ0v) is 11.0. The van der Waals surface area contributed by atoms with Gasteiger partial charge < -0.3 is 4.90 Å². The minimum absolute atomic E-state index is 0.0415. The lowest BCUT2D eigenvalue weighted by Gasteiger charge is -2.20. The van der Waals surface area contributed by atoms with E-state index in [0.29, 0.717) is 0 Å². The Kier molecular flexibility index (Phi) is 3.66. The topological polar surface area (TPSA) is 20.3 Å². The molecule has 0 spiro atoms. The molecular formula is C16H19NO. The van der Waals surface area contributed by atoms with Gasteiger partial charge in [-0.3, -0.25) is 4.79 Å². The Hall–Kier alpha value is -1.83. The summed E-state index contributed by atoms with van der Waals surface area (Å²) in [6.45, 7) is 4.11. The van der Waals surface area contributed by atoms with E-state index in [-0.39, 0.29) is 11.7 Å². The predicted octanol–water partition coefficient (Wildman–Crippen LogP) is 3.30. The van der Waals surface area contributed by atoms with Gasteiger partial charge in [0.2, 0.25) is 0 Å². The van der Waals surface area contributed by atoms with Gasteiger partial charge in [0.25, 0.3) is 0 Å². The summed E-state index contributed by atoms with van der Waals surface area (Å²) in [4.78, 5) is 13.9. The maximum Gasteiger partial charge on any atom is 0.162 e. The number of benzene rings is 1. The highest BCUT2D eigenvalue weighted by atomic mass is 16.1. The number of carbonyl (C=O) groups excluding carboxylic acids is 1. The first-order valence-corrected chi connectivity index (χ1v) is 6.26. The molecule has 2 rings (SSSR count). The summed E-state index contributed by atoms with van der Waals surface area (Å²) >= 11 is 0. The molecule has 0 aliphatic heterocycles. The van der Waals surface area contributed by atoms with Crippen molar-refractivity contribution < 1.29 is 4.79 Å². The van der Waals surface area contributed by atoms with Gasteiger partial charge in [0.05, 0.1) is 0 Å². The van der Waals surface area contributed by atoms with Crippen LogP contribution < -0.4 is 4.90 Å². The number of allylic oxidation sites excluding steroid dienone is 3. The Balaban J connectivity index is 2.18. The Morgan fingerprint density at radius 1 is 1.28 bits per heavy atom. The molecular weight excluding hydrogens is 222 g/mol. The Morgan fingerprint density at radius 2 is 1.94 bits per heavy atom. The average molecular weight is 241 g/mol. The fourth-order valence-corrected chi connectivity index (χ4v) is 2.24. The van der Waals surface area contributed by atoms with Crippen molar-refractivity contribution in [2.75, 3.05) is 19.0 Å². The van der Waals surface area contributed by atoms with Gasteiger partial charge in [-0.25, -0.2) is 0 Å². The molecule has 18 heavy (non-hydrogen) atoms. The molecule has 0 fully saturated rings. The van der Waals surface area contributed by atoms with E-state index in [0.717, 1.165) is 29.7 Å². The molecule has 0 saturated heterocycles. The van der Waals surface area contributed by atoms with Crippen LogP contribution in [-0.2, 0) is 4.79 Å². The van der Waals surface area contributed by atoms with E-state index in [2.05, 4.69) is 23.6 Å². The summed E-state index contributed by atoms with van der Waals surface area (Å²) in [6, 6.07) is 8.21. The fraction of sp³-hybridized carbons (Fsp3) is 0.312. The largest absolute Gasteiger partial charge is 0.378 e. The summed E-state index contributed by atoms with van der Waals surface area (Å²) in [5.74, 6) is 0.142. The van der Waals surface area contributed by atoms with E-state index in [1.807, 2.05) is 32.3 Å². The Bertz CT molecular complexity index is 482. The first-order valence-electron chi connectivity index (χ1n) is 6.26. The van der Waals surface area contributed by atoms with E-state index in [1.165, 1.54) is 0 Å². The van der Waals surface area contributed by atoms with Gasteiger partial charge in [-0.05, 0) is 42.2 Å². The second-order valence-electron chi connectivity index (χ2n) is 4.90. The summed E-state index contributed by atoms with van der Waals surface area (Å²) in [5, 5.41) is 0. The molecule has 0 amide bonds. The summed E-state index contributed by atoms with van der Waals surface area (Å²) in [6.07, 6.45) is 5.48. The van der Waals surface area contributed by atoms with Crippen LogP contribution in [0.25, 0.3) is 5.57 Å². The number of hydrogen-bond donors (Lipinski definition) is 0. The van der Waals surface area contributed by atoms with Crippen LogP contribution >= 0.6 is 0 Å². The van der Waals surface area contributed by atoms with Crippen LogP contribution in [0.2, 0.25) is 0 Å². The van der Waals surface area contributed by atoms with Crippen molar-refractivity contribution >= 4 is 17.0 Å². The van der Waals surface area contributed by atoms with Crippen molar-refractivity contribution in [2.45, 2.75) is 12.8 Å². The lowest BCUT2D eigenvalue weighted by atomic mass is 9.84. The first-order chi connectivity index (χ1) is 8.59. The zero-order valence-electron chi connectivity index (χ0n) is 11.0. The third kappa shape index (κ3) is 2.53. The average Bonchev–Trinajstić information content (AvgIpc) is 2.38. The lowest BCUT2D eigenvalue weighted by molar-refractivity contribution is -0.117. The molecule has 2 nitrogen and oxygen atoms in total. The molecule has 1 aromatic rings. The quantitative estimate of drug-likeness (QED) is 0.809. The molecule has 0 radical (unpaired) electrons. The highest BCUT2D eigenvalue weighted by Gasteiger charge is 2.22. The Labute approximate surface area is 109 Å². The van der Waals surface area contributed by atoms with Crippen LogP contribution in [0.3, 0.4) is 0 Å². The van der Waals surface area contributed by atoms with E-state index in [4.69, 9.17) is 0 Å². The monoisotopic (exact) mass is 241 g/mol. The second kappa shape index (κ2) is 5.21. The third-order valence-corrected chi connectivity index (χ3v) is 3.42. The number of anilines is 1. The number of rotatable bonds is 3. The standard InChI is InChI=1S/C16H19NO/c1-12(15-6-4-5-7-16(15)18)13-8-10-14(11-9-13)17(2)3/h5,7-11,15H,1,4,6H2,2-3H3. The van der Waals surface area contributed by atoms with E-state index in [9.17, 15) is 4.79 Å². The molecule has 0 bridgehead atoms. The number of nitrogens with zero attached hydrogens (tertiary/aromatic N) is 1. The predicted molar refractivity (Wildman–Crippen MR) is 76.7 cm³/mol. The van der Waals surface area contributed by atoms with Gasteiger partial charge in [-0.15, -0.1) is 0 Å². The normalized spacial score (nSPS) is 18.8. The van der Waals surface area contributed by atoms with Crippen LogP contribution in [0, 0.1) is 5.92 Å². The minimum atomic E-state index is -0.0415. The van der Waals surface area contributed by atoms with Crippen LogP contribution in [0.1, 0.15) is 18.4 Å². The molecule has 0 N–H and O–H groups in total. The molecule has 0 aromatic heterocycles. The third-order valence-electron chi connectivity index (χ3n) is 3.42. The number of hydrogen-bond acceptors (Lipinski definition) is 2. The summed E-state index contributed by atoms with van der Waals surface area (Å²) in [5.41, 5.74) is 3.16. The second-order valence-corrected chi connectivity index (χ2v) is 4.90. The molecule has 1 aromatic carbocycles. The molecule has 94 valence electrons. The van der Waals surface area contributed by atoms with E-state index < -0.39 is 0 Å². The van der Waals surface area contributed by atoms with Crippen LogP contribution in [0.5, 0.6) is 0 Å². The number of carbonyl (C=O) groups is 1. The van der Waals surface area contributed by atoms with Crippen molar-refractivity contribution in [1.29, 1.82) is 0 Å². The van der Waals surface area contributed by atoms with Gasteiger partial charge in [-0.2, -0.15) is 0 Å². The lowest BCUT2D eigenvalue weighted by Crippen LogP contribution is -2.16. The van der Waals surface area contributed by atoms with Gasteiger partial charge in [0, 0.05) is 25.7 Å². The fourth-order valence-electron chi connectivity index (χ4n) is 2.24. The van der Waals surface area contributed by atoms with Gasteiger partial charge >= 0.3 is 0 Å². The zero-order chi connectivity index (χ0) is 13.1.